The molecule has 0 radical (unpaired) electrons. The van der Waals surface area contributed by atoms with E-state index in [1.54, 1.807) is 30.3 Å². The van der Waals surface area contributed by atoms with Gasteiger partial charge in [0, 0.05) is 5.56 Å². The Bertz CT molecular complexity index is 615. The number of ketones is 1. The van der Waals surface area contributed by atoms with Crippen molar-refractivity contribution in [2.24, 2.45) is 0 Å². The van der Waals surface area contributed by atoms with E-state index < -0.39 is 11.7 Å². The maximum atomic E-state index is 12.6. The van der Waals surface area contributed by atoms with Gasteiger partial charge in [0.05, 0.1) is 5.56 Å². The summed E-state index contributed by atoms with van der Waals surface area (Å²) in [5.74, 6) is -0.117. The predicted octanol–water partition coefficient (Wildman–Crippen LogP) is 4.58. The van der Waals surface area contributed by atoms with E-state index in [-0.39, 0.29) is 5.78 Å². The lowest BCUT2D eigenvalue weighted by molar-refractivity contribution is -0.137. The first-order valence-corrected chi connectivity index (χ1v) is 5.66. The summed E-state index contributed by atoms with van der Waals surface area (Å²) in [5.41, 5.74) is 0.824. The van der Waals surface area contributed by atoms with E-state index in [4.69, 9.17) is 0 Å². The lowest BCUT2D eigenvalue weighted by atomic mass is 10.00. The van der Waals surface area contributed by atoms with Crippen LogP contribution in [0.4, 0.5) is 13.2 Å². The van der Waals surface area contributed by atoms with Crippen LogP contribution in [0, 0.1) is 0 Å². The molecule has 0 saturated carbocycles. The van der Waals surface area contributed by atoms with E-state index in [2.05, 4.69) is 0 Å². The Morgan fingerprint density at radius 1 is 0.947 bits per heavy atom. The predicted molar refractivity (Wildman–Crippen MR) is 66.9 cm³/mol. The summed E-state index contributed by atoms with van der Waals surface area (Å²) in [5, 5.41) is 0. The highest BCUT2D eigenvalue weighted by molar-refractivity contribution is 5.95. The van der Waals surface area contributed by atoms with Crippen LogP contribution in [-0.2, 0) is 6.18 Å². The van der Waals surface area contributed by atoms with Crippen LogP contribution in [0.3, 0.4) is 0 Å². The Labute approximate surface area is 108 Å². The van der Waals surface area contributed by atoms with Crippen LogP contribution >= 0.6 is 0 Å². The first-order valence-electron chi connectivity index (χ1n) is 5.66. The number of benzene rings is 2. The number of rotatable bonds is 2. The van der Waals surface area contributed by atoms with Crippen molar-refractivity contribution in [1.82, 2.24) is 0 Å². The molecule has 0 saturated heterocycles. The first kappa shape index (κ1) is 13.3. The second-order valence-electron chi connectivity index (χ2n) is 4.22. The fourth-order valence-electron chi connectivity index (χ4n) is 1.79. The fourth-order valence-corrected chi connectivity index (χ4v) is 1.79. The lowest BCUT2D eigenvalue weighted by Gasteiger charge is -2.09. The minimum Gasteiger partial charge on any atom is -0.295 e. The zero-order chi connectivity index (χ0) is 14.0. The van der Waals surface area contributed by atoms with Crippen LogP contribution in [-0.4, -0.2) is 5.78 Å². The first-order chi connectivity index (χ1) is 8.88. The topological polar surface area (TPSA) is 17.1 Å². The number of hydrogen-bond donors (Lipinski definition) is 0. The number of carbonyl (C=O) groups excluding carboxylic acids is 1. The van der Waals surface area contributed by atoms with E-state index in [1.165, 1.54) is 13.0 Å². The van der Waals surface area contributed by atoms with Crippen molar-refractivity contribution >= 4 is 5.78 Å². The molecule has 0 heterocycles. The van der Waals surface area contributed by atoms with Gasteiger partial charge in [-0.05, 0) is 36.2 Å². The van der Waals surface area contributed by atoms with Gasteiger partial charge in [-0.15, -0.1) is 0 Å². The number of Topliss-reactive ketones (excluding diaryl/α,β-unsaturated/α-hetero) is 1. The minimum atomic E-state index is -4.37. The third kappa shape index (κ3) is 3.02. The third-order valence-electron chi connectivity index (χ3n) is 2.79. The third-order valence-corrected chi connectivity index (χ3v) is 2.79. The summed E-state index contributed by atoms with van der Waals surface area (Å²) in [7, 11) is 0. The standard InChI is InChI=1S/C15H11F3O/c1-10(19)11-4-2-5-12(8-11)13-6-3-7-14(9-13)15(16,17)18/h2-9H,1H3. The van der Waals surface area contributed by atoms with Crippen molar-refractivity contribution in [3.05, 3.63) is 59.7 Å². The van der Waals surface area contributed by atoms with Crippen molar-refractivity contribution in [1.29, 1.82) is 0 Å². The Balaban J connectivity index is 2.48. The number of hydrogen-bond acceptors (Lipinski definition) is 1. The molecule has 2 rings (SSSR count). The molecule has 2 aromatic carbocycles. The van der Waals surface area contributed by atoms with Gasteiger partial charge >= 0.3 is 6.18 Å². The van der Waals surface area contributed by atoms with Crippen molar-refractivity contribution in [3.8, 4) is 11.1 Å². The van der Waals surface area contributed by atoms with Gasteiger partial charge in [-0.2, -0.15) is 13.2 Å². The molecule has 1 nitrogen and oxygen atoms in total. The van der Waals surface area contributed by atoms with Crippen LogP contribution in [0.5, 0.6) is 0 Å². The van der Waals surface area contributed by atoms with Gasteiger partial charge in [0.25, 0.3) is 0 Å². The van der Waals surface area contributed by atoms with E-state index in [0.717, 1.165) is 12.1 Å². The Morgan fingerprint density at radius 3 is 2.11 bits per heavy atom. The zero-order valence-electron chi connectivity index (χ0n) is 10.2. The van der Waals surface area contributed by atoms with Crippen LogP contribution < -0.4 is 0 Å². The molecule has 0 bridgehead atoms. The van der Waals surface area contributed by atoms with Gasteiger partial charge in [-0.3, -0.25) is 4.79 Å². The summed E-state index contributed by atoms with van der Waals surface area (Å²) in [6.45, 7) is 1.42. The molecule has 0 aliphatic carbocycles. The second kappa shape index (κ2) is 4.88. The normalized spacial score (nSPS) is 11.4. The summed E-state index contributed by atoms with van der Waals surface area (Å²) in [6, 6.07) is 11.6. The molecular weight excluding hydrogens is 253 g/mol. The Morgan fingerprint density at radius 2 is 1.53 bits per heavy atom. The van der Waals surface area contributed by atoms with Gasteiger partial charge in [0.15, 0.2) is 5.78 Å². The van der Waals surface area contributed by atoms with Gasteiger partial charge in [-0.25, -0.2) is 0 Å². The summed E-state index contributed by atoms with van der Waals surface area (Å²) >= 11 is 0. The molecule has 0 aliphatic heterocycles. The van der Waals surface area contributed by atoms with Gasteiger partial charge in [0.1, 0.15) is 0 Å². The van der Waals surface area contributed by atoms with Gasteiger partial charge in [0.2, 0.25) is 0 Å². The highest BCUT2D eigenvalue weighted by Gasteiger charge is 2.30. The number of halogens is 3. The summed E-state index contributed by atoms with van der Waals surface area (Å²) in [6.07, 6.45) is -4.37. The molecule has 0 unspecified atom stereocenters. The molecule has 2 aromatic rings. The van der Waals surface area contributed by atoms with Crippen LogP contribution in [0.15, 0.2) is 48.5 Å². The number of alkyl halides is 3. The molecule has 0 aliphatic rings. The molecule has 0 atom stereocenters. The SMILES string of the molecule is CC(=O)c1cccc(-c2cccc(C(F)(F)F)c2)c1. The quantitative estimate of drug-likeness (QED) is 0.726. The fraction of sp³-hybridized carbons (Fsp3) is 0.133. The highest BCUT2D eigenvalue weighted by Crippen LogP contribution is 2.32. The van der Waals surface area contributed by atoms with Crippen molar-refractivity contribution < 1.29 is 18.0 Å². The average Bonchev–Trinajstić information content (AvgIpc) is 2.38. The van der Waals surface area contributed by atoms with Gasteiger partial charge in [-0.1, -0.05) is 30.3 Å². The minimum absolute atomic E-state index is 0.117. The van der Waals surface area contributed by atoms with E-state index in [0.29, 0.717) is 16.7 Å². The Hall–Kier alpha value is -2.10. The molecule has 0 fully saturated rings. The van der Waals surface area contributed by atoms with Crippen LogP contribution in [0.2, 0.25) is 0 Å². The van der Waals surface area contributed by atoms with Crippen molar-refractivity contribution in [2.45, 2.75) is 13.1 Å². The largest absolute Gasteiger partial charge is 0.416 e. The van der Waals surface area contributed by atoms with Crippen LogP contribution in [0.25, 0.3) is 11.1 Å². The molecule has 0 aromatic heterocycles. The summed E-state index contributed by atoms with van der Waals surface area (Å²) in [4.78, 5) is 11.3. The molecule has 0 amide bonds. The maximum absolute atomic E-state index is 12.6. The molecule has 0 N–H and O–H groups in total. The Kier molecular flexibility index (Phi) is 3.42. The molecule has 0 spiro atoms. The second-order valence-corrected chi connectivity index (χ2v) is 4.22. The smallest absolute Gasteiger partial charge is 0.295 e. The van der Waals surface area contributed by atoms with Crippen molar-refractivity contribution in [2.75, 3.05) is 0 Å². The maximum Gasteiger partial charge on any atom is 0.416 e. The molecule has 98 valence electrons. The molecular formula is C15H11F3O. The number of carbonyl (C=O) groups is 1. The van der Waals surface area contributed by atoms with E-state index in [1.807, 2.05) is 0 Å². The monoisotopic (exact) mass is 264 g/mol. The van der Waals surface area contributed by atoms with E-state index in [9.17, 15) is 18.0 Å². The van der Waals surface area contributed by atoms with Crippen LogP contribution in [0.1, 0.15) is 22.8 Å². The lowest BCUT2D eigenvalue weighted by Crippen LogP contribution is -2.04. The molecule has 19 heavy (non-hydrogen) atoms. The van der Waals surface area contributed by atoms with Crippen molar-refractivity contribution in [3.63, 3.8) is 0 Å². The van der Waals surface area contributed by atoms with Gasteiger partial charge < -0.3 is 0 Å². The zero-order valence-corrected chi connectivity index (χ0v) is 10.2. The highest BCUT2D eigenvalue weighted by atomic mass is 19.4. The van der Waals surface area contributed by atoms with E-state index >= 15 is 0 Å². The summed E-state index contributed by atoms with van der Waals surface area (Å²) < 4.78 is 37.9. The average molecular weight is 264 g/mol. The molecule has 4 heteroatoms.